The Bertz CT molecular complexity index is 729. The number of hydrogen-bond donors (Lipinski definition) is 4. The maximum atomic E-state index is 12.3. The van der Waals surface area contributed by atoms with Crippen molar-refractivity contribution in [3.63, 3.8) is 0 Å². The molecule has 4 N–H and O–H groups in total. The zero-order valence-corrected chi connectivity index (χ0v) is 18.0. The van der Waals surface area contributed by atoms with Crippen molar-refractivity contribution in [2.45, 2.75) is 95.7 Å². The minimum absolute atomic E-state index is 0.0860. The third-order valence-corrected chi connectivity index (χ3v) is 9.26. The number of carbonyl (C=O) groups is 1. The molecule has 4 aliphatic rings. The van der Waals surface area contributed by atoms with E-state index >= 15 is 0 Å². The van der Waals surface area contributed by atoms with Crippen molar-refractivity contribution in [2.24, 2.45) is 28.6 Å². The predicted molar refractivity (Wildman–Crippen MR) is 107 cm³/mol. The topological polar surface area (TPSA) is 107 Å². The second-order valence-electron chi connectivity index (χ2n) is 10.9. The minimum Gasteiger partial charge on any atom is -0.461 e. The van der Waals surface area contributed by atoms with Gasteiger partial charge in [-0.25, -0.2) is 0 Å². The first-order valence-corrected chi connectivity index (χ1v) is 11.0. The number of aliphatic hydroxyl groups is 4. The van der Waals surface area contributed by atoms with Gasteiger partial charge in [0.15, 0.2) is 0 Å². The summed E-state index contributed by atoms with van der Waals surface area (Å²) in [6.45, 7) is 11.5. The fraction of sp³-hybridized carbons (Fsp3) is 0.870. The van der Waals surface area contributed by atoms with Gasteiger partial charge in [0.2, 0.25) is 0 Å². The summed E-state index contributed by atoms with van der Waals surface area (Å²) >= 11 is 0. The highest BCUT2D eigenvalue weighted by molar-refractivity contribution is 5.69. The summed E-state index contributed by atoms with van der Waals surface area (Å²) in [4.78, 5) is 12.3. The first kappa shape index (κ1) is 21.3. The van der Waals surface area contributed by atoms with Crippen LogP contribution in [0.15, 0.2) is 12.2 Å². The molecule has 0 saturated heterocycles. The number of hydrogen-bond acceptors (Lipinski definition) is 6. The minimum atomic E-state index is -1.52. The van der Waals surface area contributed by atoms with Crippen LogP contribution >= 0.6 is 0 Å². The van der Waals surface area contributed by atoms with E-state index in [0.29, 0.717) is 19.3 Å². The van der Waals surface area contributed by atoms with E-state index in [9.17, 15) is 25.2 Å². The number of fused-ring (bicyclic) bond motifs is 2. The van der Waals surface area contributed by atoms with Crippen LogP contribution in [0.25, 0.3) is 0 Å². The predicted octanol–water partition coefficient (Wildman–Crippen LogP) is 1.93. The molecule has 4 rings (SSSR count). The summed E-state index contributed by atoms with van der Waals surface area (Å²) in [7, 11) is 0. The fourth-order valence-corrected chi connectivity index (χ4v) is 7.62. The van der Waals surface area contributed by atoms with E-state index in [-0.39, 0.29) is 30.6 Å². The zero-order chi connectivity index (χ0) is 21.6. The molecular weight excluding hydrogens is 372 g/mol. The molecule has 2 unspecified atom stereocenters. The molecule has 4 saturated carbocycles. The van der Waals surface area contributed by atoms with Crippen molar-refractivity contribution < 1.29 is 30.0 Å². The second kappa shape index (κ2) is 6.28. The Hall–Kier alpha value is -0.950. The summed E-state index contributed by atoms with van der Waals surface area (Å²) < 4.78 is 5.92. The first-order valence-electron chi connectivity index (χ1n) is 11.0. The van der Waals surface area contributed by atoms with Crippen LogP contribution < -0.4 is 0 Å². The lowest BCUT2D eigenvalue weighted by atomic mass is 9.61. The average Bonchev–Trinajstić information content (AvgIpc) is 2.86. The van der Waals surface area contributed by atoms with E-state index in [2.05, 4.69) is 6.58 Å². The maximum absolute atomic E-state index is 12.3. The largest absolute Gasteiger partial charge is 0.461 e. The Morgan fingerprint density at radius 3 is 2.41 bits per heavy atom. The van der Waals surface area contributed by atoms with Gasteiger partial charge in [0.1, 0.15) is 11.7 Å². The van der Waals surface area contributed by atoms with Crippen molar-refractivity contribution in [1.29, 1.82) is 0 Å². The summed E-state index contributed by atoms with van der Waals surface area (Å²) in [5.74, 6) is -1.02. The summed E-state index contributed by atoms with van der Waals surface area (Å²) in [5.41, 5.74) is -3.26. The van der Waals surface area contributed by atoms with Crippen molar-refractivity contribution in [2.75, 3.05) is 0 Å². The van der Waals surface area contributed by atoms with Crippen LogP contribution in [0.2, 0.25) is 0 Å². The van der Waals surface area contributed by atoms with Crippen molar-refractivity contribution in [1.82, 2.24) is 0 Å². The Labute approximate surface area is 173 Å². The second-order valence-corrected chi connectivity index (χ2v) is 10.9. The molecule has 2 bridgehead atoms. The highest BCUT2D eigenvalue weighted by Crippen LogP contribution is 2.69. The van der Waals surface area contributed by atoms with E-state index in [1.54, 1.807) is 27.7 Å². The molecule has 0 heterocycles. The smallest absolute Gasteiger partial charge is 0.305 e. The molecule has 0 aromatic rings. The number of rotatable bonds is 2. The van der Waals surface area contributed by atoms with E-state index in [1.165, 1.54) is 0 Å². The van der Waals surface area contributed by atoms with Crippen LogP contribution in [-0.2, 0) is 9.53 Å². The molecule has 4 fully saturated rings. The number of esters is 1. The third-order valence-electron chi connectivity index (χ3n) is 9.26. The Morgan fingerprint density at radius 2 is 1.79 bits per heavy atom. The zero-order valence-electron chi connectivity index (χ0n) is 18.0. The molecule has 1 spiro atoms. The molecule has 0 radical (unpaired) electrons. The third kappa shape index (κ3) is 2.52. The molecular formula is C23H36O6. The molecule has 0 aromatic carbocycles. The van der Waals surface area contributed by atoms with E-state index < -0.39 is 46.3 Å². The molecule has 4 aliphatic carbocycles. The first-order chi connectivity index (χ1) is 13.3. The lowest BCUT2D eigenvalue weighted by molar-refractivity contribution is -0.182. The molecule has 0 aromatic heterocycles. The highest BCUT2D eigenvalue weighted by Gasteiger charge is 2.73. The summed E-state index contributed by atoms with van der Waals surface area (Å²) in [6.07, 6.45) is 0.333. The van der Waals surface area contributed by atoms with Crippen molar-refractivity contribution in [3.8, 4) is 0 Å². The summed E-state index contributed by atoms with van der Waals surface area (Å²) in [6, 6.07) is 0. The SMILES string of the molecule is C=C1[C@@H]2CCC3[C@H](OC(=O)CC)C2(C[C@@H](O)[C@@]2(O)[C@H]1C[C@H](O)C2(C)C)C[C@@]3(C)O. The molecule has 0 aliphatic heterocycles. The standard InChI is InChI=1S/C23H36O6/c1-6-18(26)29-19-14-8-7-13-12(2)15-9-16(24)20(3,4)23(15,28)17(25)10-22(13,19)11-21(14,5)27/h13-17,19,24-25,27-28H,2,6-11H2,1,3-5H3/t13-,14?,15-,16-,17+,19-,21+,22?,23-/m0/s1. The van der Waals surface area contributed by atoms with Gasteiger partial charge < -0.3 is 25.2 Å². The maximum Gasteiger partial charge on any atom is 0.305 e. The molecule has 6 nitrogen and oxygen atoms in total. The average molecular weight is 409 g/mol. The van der Waals surface area contributed by atoms with Gasteiger partial charge in [-0.3, -0.25) is 4.79 Å². The van der Waals surface area contributed by atoms with Crippen LogP contribution in [0.1, 0.15) is 66.2 Å². The lowest BCUT2D eigenvalue weighted by Crippen LogP contribution is -2.57. The van der Waals surface area contributed by atoms with Gasteiger partial charge in [-0.2, -0.15) is 0 Å². The van der Waals surface area contributed by atoms with Gasteiger partial charge >= 0.3 is 5.97 Å². The molecule has 9 atom stereocenters. The Kier molecular flexibility index (Phi) is 4.61. The quantitative estimate of drug-likeness (QED) is 0.411. The van der Waals surface area contributed by atoms with Gasteiger partial charge in [-0.05, 0) is 44.9 Å². The lowest BCUT2D eigenvalue weighted by Gasteiger charge is -2.47. The molecule has 164 valence electrons. The van der Waals surface area contributed by atoms with E-state index in [0.717, 1.165) is 12.0 Å². The van der Waals surface area contributed by atoms with Crippen molar-refractivity contribution in [3.05, 3.63) is 12.2 Å². The number of aliphatic hydroxyl groups excluding tert-OH is 2. The molecule has 6 heteroatoms. The van der Waals surface area contributed by atoms with Gasteiger partial charge in [-0.15, -0.1) is 0 Å². The van der Waals surface area contributed by atoms with Crippen LogP contribution in [0.4, 0.5) is 0 Å². The fourth-order valence-electron chi connectivity index (χ4n) is 7.62. The highest BCUT2D eigenvalue weighted by atomic mass is 16.5. The van der Waals surface area contributed by atoms with Crippen LogP contribution in [0, 0.1) is 28.6 Å². The molecule has 29 heavy (non-hydrogen) atoms. The van der Waals surface area contributed by atoms with Crippen LogP contribution in [0.5, 0.6) is 0 Å². The number of carbonyl (C=O) groups excluding carboxylic acids is 1. The molecule has 0 amide bonds. The Balaban J connectivity index is 1.84. The van der Waals surface area contributed by atoms with Gasteiger partial charge in [-0.1, -0.05) is 32.9 Å². The normalized spacial score (nSPS) is 53.2. The van der Waals surface area contributed by atoms with Gasteiger partial charge in [0.05, 0.1) is 17.8 Å². The van der Waals surface area contributed by atoms with Crippen LogP contribution in [0.3, 0.4) is 0 Å². The van der Waals surface area contributed by atoms with Gasteiger partial charge in [0.25, 0.3) is 0 Å². The summed E-state index contributed by atoms with van der Waals surface area (Å²) in [5, 5.41) is 45.1. The van der Waals surface area contributed by atoms with Crippen LogP contribution in [-0.4, -0.2) is 55.9 Å². The Morgan fingerprint density at radius 1 is 1.14 bits per heavy atom. The van der Waals surface area contributed by atoms with Crippen molar-refractivity contribution >= 4 is 5.97 Å². The van der Waals surface area contributed by atoms with Gasteiger partial charge in [0, 0.05) is 29.1 Å². The number of ether oxygens (including phenoxy) is 1. The monoisotopic (exact) mass is 408 g/mol. The van der Waals surface area contributed by atoms with E-state index in [4.69, 9.17) is 4.74 Å². The van der Waals surface area contributed by atoms with E-state index in [1.807, 2.05) is 0 Å².